The molecule has 1 rings (SSSR count). The van der Waals surface area contributed by atoms with E-state index in [2.05, 4.69) is 24.5 Å². The Hall–Kier alpha value is -0.610. The molecular formula is C13H26N2O2. The van der Waals surface area contributed by atoms with Gasteiger partial charge in [0.05, 0.1) is 12.1 Å². The maximum Gasteiger partial charge on any atom is 0.237 e. The second-order valence-corrected chi connectivity index (χ2v) is 5.11. The van der Waals surface area contributed by atoms with E-state index < -0.39 is 0 Å². The predicted molar refractivity (Wildman–Crippen MR) is 68.9 cm³/mol. The highest BCUT2D eigenvalue weighted by Crippen LogP contribution is 2.22. The molecule has 0 aromatic carbocycles. The number of rotatable bonds is 7. The van der Waals surface area contributed by atoms with Gasteiger partial charge in [-0.15, -0.1) is 0 Å². The fourth-order valence-electron chi connectivity index (χ4n) is 2.20. The number of hydrogen-bond donors (Lipinski definition) is 2. The Morgan fingerprint density at radius 3 is 2.59 bits per heavy atom. The van der Waals surface area contributed by atoms with Crippen molar-refractivity contribution in [2.45, 2.75) is 70.7 Å². The molecule has 1 saturated carbocycles. The third kappa shape index (κ3) is 4.64. The maximum absolute atomic E-state index is 11.8. The van der Waals surface area contributed by atoms with Crippen LogP contribution in [0.5, 0.6) is 0 Å². The van der Waals surface area contributed by atoms with E-state index in [-0.39, 0.29) is 18.0 Å². The summed E-state index contributed by atoms with van der Waals surface area (Å²) in [5.41, 5.74) is 0. The monoisotopic (exact) mass is 242 g/mol. The van der Waals surface area contributed by atoms with Crippen LogP contribution in [0.4, 0.5) is 0 Å². The zero-order chi connectivity index (χ0) is 12.8. The van der Waals surface area contributed by atoms with Gasteiger partial charge in [-0.25, -0.2) is 0 Å². The standard InChI is InChI=1S/C13H26N2O2/c1-5-6-9(2)14-13(16)10(3)15-11-7-12(8-11)17-4/h9-12,15H,5-8H2,1-4H3,(H,14,16). The zero-order valence-electron chi connectivity index (χ0n) is 11.5. The van der Waals surface area contributed by atoms with Crippen LogP contribution in [-0.4, -0.2) is 37.2 Å². The molecule has 1 amide bonds. The molecule has 100 valence electrons. The lowest BCUT2D eigenvalue weighted by molar-refractivity contribution is -0.124. The van der Waals surface area contributed by atoms with Crippen molar-refractivity contribution in [2.75, 3.05) is 7.11 Å². The molecular weight excluding hydrogens is 216 g/mol. The van der Waals surface area contributed by atoms with Crippen LogP contribution in [0.2, 0.25) is 0 Å². The lowest BCUT2D eigenvalue weighted by Gasteiger charge is -2.36. The molecule has 2 N–H and O–H groups in total. The van der Waals surface area contributed by atoms with Crippen molar-refractivity contribution in [3.8, 4) is 0 Å². The van der Waals surface area contributed by atoms with Gasteiger partial charge >= 0.3 is 0 Å². The normalized spacial score (nSPS) is 27.1. The molecule has 1 aliphatic rings. The molecule has 4 heteroatoms. The molecule has 0 aromatic heterocycles. The number of carbonyl (C=O) groups excluding carboxylic acids is 1. The van der Waals surface area contributed by atoms with E-state index in [1.807, 2.05) is 6.92 Å². The predicted octanol–water partition coefficient (Wildman–Crippen LogP) is 1.45. The Morgan fingerprint density at radius 1 is 1.41 bits per heavy atom. The van der Waals surface area contributed by atoms with Gasteiger partial charge in [0.1, 0.15) is 0 Å². The smallest absolute Gasteiger partial charge is 0.237 e. The molecule has 0 bridgehead atoms. The fraction of sp³-hybridized carbons (Fsp3) is 0.923. The summed E-state index contributed by atoms with van der Waals surface area (Å²) in [4.78, 5) is 11.8. The number of methoxy groups -OCH3 is 1. The third-order valence-corrected chi connectivity index (χ3v) is 3.42. The van der Waals surface area contributed by atoms with Gasteiger partial charge in [-0.2, -0.15) is 0 Å². The van der Waals surface area contributed by atoms with Crippen molar-refractivity contribution in [1.82, 2.24) is 10.6 Å². The third-order valence-electron chi connectivity index (χ3n) is 3.42. The van der Waals surface area contributed by atoms with Crippen LogP contribution in [-0.2, 0) is 9.53 Å². The highest BCUT2D eigenvalue weighted by Gasteiger charge is 2.31. The minimum Gasteiger partial charge on any atom is -0.381 e. The van der Waals surface area contributed by atoms with Crippen LogP contribution < -0.4 is 10.6 Å². The summed E-state index contributed by atoms with van der Waals surface area (Å²) in [5, 5.41) is 6.36. The second-order valence-electron chi connectivity index (χ2n) is 5.11. The van der Waals surface area contributed by atoms with E-state index in [1.165, 1.54) is 0 Å². The molecule has 1 aliphatic carbocycles. The number of hydrogen-bond acceptors (Lipinski definition) is 3. The Morgan fingerprint density at radius 2 is 2.06 bits per heavy atom. The van der Waals surface area contributed by atoms with Crippen molar-refractivity contribution in [3.05, 3.63) is 0 Å². The van der Waals surface area contributed by atoms with E-state index >= 15 is 0 Å². The van der Waals surface area contributed by atoms with Crippen LogP contribution in [0.25, 0.3) is 0 Å². The molecule has 1 fully saturated rings. The van der Waals surface area contributed by atoms with E-state index in [1.54, 1.807) is 7.11 Å². The molecule has 0 spiro atoms. The SMILES string of the molecule is CCCC(C)NC(=O)C(C)NC1CC(OC)C1. The largest absolute Gasteiger partial charge is 0.381 e. The van der Waals surface area contributed by atoms with E-state index in [9.17, 15) is 4.79 Å². The summed E-state index contributed by atoms with van der Waals surface area (Å²) in [6, 6.07) is 0.587. The summed E-state index contributed by atoms with van der Waals surface area (Å²) in [6.07, 6.45) is 4.54. The van der Waals surface area contributed by atoms with Crippen LogP contribution in [0, 0.1) is 0 Å². The van der Waals surface area contributed by atoms with Gasteiger partial charge in [0.15, 0.2) is 0 Å². The lowest BCUT2D eigenvalue weighted by atomic mass is 9.88. The first-order chi connectivity index (χ1) is 8.06. The molecule has 0 saturated heterocycles. The van der Waals surface area contributed by atoms with Crippen LogP contribution in [0.15, 0.2) is 0 Å². The van der Waals surface area contributed by atoms with Crippen LogP contribution in [0.1, 0.15) is 46.5 Å². The van der Waals surface area contributed by atoms with Gasteiger partial charge in [-0.3, -0.25) is 4.79 Å². The minimum atomic E-state index is -0.114. The van der Waals surface area contributed by atoms with E-state index in [0.29, 0.717) is 12.1 Å². The average molecular weight is 242 g/mol. The van der Waals surface area contributed by atoms with Gasteiger partial charge in [0.25, 0.3) is 0 Å². The summed E-state index contributed by atoms with van der Waals surface area (Å²) >= 11 is 0. The van der Waals surface area contributed by atoms with Crippen molar-refractivity contribution in [2.24, 2.45) is 0 Å². The highest BCUT2D eigenvalue weighted by molar-refractivity contribution is 5.81. The molecule has 0 heterocycles. The van der Waals surface area contributed by atoms with Gasteiger partial charge in [-0.1, -0.05) is 13.3 Å². The quantitative estimate of drug-likeness (QED) is 0.710. The minimum absolute atomic E-state index is 0.104. The summed E-state index contributed by atoms with van der Waals surface area (Å²) in [7, 11) is 1.74. The topological polar surface area (TPSA) is 50.4 Å². The van der Waals surface area contributed by atoms with Gasteiger partial charge in [0.2, 0.25) is 5.91 Å². The molecule has 0 aliphatic heterocycles. The number of nitrogens with one attached hydrogen (secondary N) is 2. The number of amides is 1. The first-order valence-electron chi connectivity index (χ1n) is 6.66. The zero-order valence-corrected chi connectivity index (χ0v) is 11.5. The Labute approximate surface area is 104 Å². The first-order valence-corrected chi connectivity index (χ1v) is 6.66. The summed E-state index contributed by atoms with van der Waals surface area (Å²) in [5.74, 6) is 0.104. The van der Waals surface area contributed by atoms with Crippen LogP contribution in [0.3, 0.4) is 0 Å². The molecule has 0 radical (unpaired) electrons. The van der Waals surface area contributed by atoms with Crippen molar-refractivity contribution >= 4 is 5.91 Å². The number of carbonyl (C=O) groups is 1. The molecule has 2 unspecified atom stereocenters. The Kier molecular flexibility index (Phi) is 5.92. The molecule has 17 heavy (non-hydrogen) atoms. The van der Waals surface area contributed by atoms with E-state index in [0.717, 1.165) is 25.7 Å². The van der Waals surface area contributed by atoms with Gasteiger partial charge in [-0.05, 0) is 33.1 Å². The second kappa shape index (κ2) is 6.97. The molecule has 4 nitrogen and oxygen atoms in total. The lowest BCUT2D eigenvalue weighted by Crippen LogP contribution is -2.53. The Balaban J connectivity index is 2.19. The van der Waals surface area contributed by atoms with Crippen molar-refractivity contribution in [1.29, 1.82) is 0 Å². The molecule has 0 aromatic rings. The fourth-order valence-corrected chi connectivity index (χ4v) is 2.20. The van der Waals surface area contributed by atoms with Gasteiger partial charge < -0.3 is 15.4 Å². The van der Waals surface area contributed by atoms with Crippen molar-refractivity contribution < 1.29 is 9.53 Å². The summed E-state index contributed by atoms with van der Waals surface area (Å²) in [6.45, 7) is 6.11. The average Bonchev–Trinajstić information content (AvgIpc) is 2.22. The first kappa shape index (κ1) is 14.5. The highest BCUT2D eigenvalue weighted by atomic mass is 16.5. The Bertz CT molecular complexity index is 240. The van der Waals surface area contributed by atoms with Gasteiger partial charge in [0, 0.05) is 19.2 Å². The maximum atomic E-state index is 11.8. The molecule has 2 atom stereocenters. The van der Waals surface area contributed by atoms with E-state index in [4.69, 9.17) is 4.74 Å². The van der Waals surface area contributed by atoms with Crippen LogP contribution >= 0.6 is 0 Å². The summed E-state index contributed by atoms with van der Waals surface area (Å²) < 4.78 is 5.21. The van der Waals surface area contributed by atoms with Crippen molar-refractivity contribution in [3.63, 3.8) is 0 Å². The number of ether oxygens (including phenoxy) is 1.